The van der Waals surface area contributed by atoms with Gasteiger partial charge in [-0.05, 0) is 55.8 Å². The van der Waals surface area contributed by atoms with Crippen LogP contribution in [-0.2, 0) is 17.5 Å². The summed E-state index contributed by atoms with van der Waals surface area (Å²) in [4.78, 5) is 16.4. The molecule has 0 atom stereocenters. The number of rotatable bonds is 4. The third-order valence-corrected chi connectivity index (χ3v) is 6.71. The molecule has 2 heterocycles. The number of likely N-dealkylation sites (tertiary alicyclic amines) is 2. The fraction of sp³-hybridized carbons (Fsp3) is 0.667. The summed E-state index contributed by atoms with van der Waals surface area (Å²) in [5, 5.41) is 0. The minimum Gasteiger partial charge on any atom is -0.449 e. The van der Waals surface area contributed by atoms with E-state index in [2.05, 4.69) is 20.8 Å². The summed E-state index contributed by atoms with van der Waals surface area (Å²) in [6, 6.07) is 3.87. The third-order valence-electron chi connectivity index (χ3n) is 5.98. The van der Waals surface area contributed by atoms with Crippen LogP contribution in [0.2, 0.25) is 0 Å². The van der Waals surface area contributed by atoms with Crippen LogP contribution < -0.4 is 0 Å². The average Bonchev–Trinajstić information content (AvgIpc) is 3.03. The van der Waals surface area contributed by atoms with Gasteiger partial charge in [-0.2, -0.15) is 13.2 Å². The summed E-state index contributed by atoms with van der Waals surface area (Å²) in [7, 11) is 0. The first-order valence-electron chi connectivity index (χ1n) is 10.1. The van der Waals surface area contributed by atoms with Gasteiger partial charge in [0.05, 0.1) is 12.2 Å². The highest BCUT2D eigenvalue weighted by Gasteiger charge is 2.44. The number of nitrogens with zero attached hydrogens (tertiary/aromatic N) is 2. The van der Waals surface area contributed by atoms with Crippen LogP contribution in [0.4, 0.5) is 18.0 Å². The third kappa shape index (κ3) is 5.26. The Morgan fingerprint density at radius 3 is 2.48 bits per heavy atom. The van der Waals surface area contributed by atoms with Crippen molar-refractivity contribution in [2.24, 2.45) is 5.92 Å². The molecule has 2 saturated heterocycles. The van der Waals surface area contributed by atoms with Gasteiger partial charge in [0.15, 0.2) is 0 Å². The molecule has 0 aliphatic carbocycles. The van der Waals surface area contributed by atoms with Crippen LogP contribution in [0.25, 0.3) is 0 Å². The number of halogens is 4. The van der Waals surface area contributed by atoms with Crippen molar-refractivity contribution < 1.29 is 22.7 Å². The molecule has 0 saturated carbocycles. The zero-order chi connectivity index (χ0) is 21.2. The van der Waals surface area contributed by atoms with Gasteiger partial charge in [0.25, 0.3) is 0 Å². The molecule has 4 nitrogen and oxygen atoms in total. The summed E-state index contributed by atoms with van der Waals surface area (Å²) in [6.07, 6.45) is -0.740. The van der Waals surface area contributed by atoms with Crippen molar-refractivity contribution in [3.05, 3.63) is 33.8 Å². The summed E-state index contributed by atoms with van der Waals surface area (Å²) >= 11 is 3.32. The molecule has 1 aromatic carbocycles. The van der Waals surface area contributed by atoms with E-state index in [1.54, 1.807) is 11.0 Å². The second-order valence-corrected chi connectivity index (χ2v) is 9.37. The Labute approximate surface area is 178 Å². The van der Waals surface area contributed by atoms with Crippen LogP contribution in [0, 0.1) is 5.92 Å². The molecule has 162 valence electrons. The van der Waals surface area contributed by atoms with Gasteiger partial charge in [-0.1, -0.05) is 35.8 Å². The molecule has 1 spiro atoms. The topological polar surface area (TPSA) is 32.8 Å². The van der Waals surface area contributed by atoms with E-state index in [1.165, 1.54) is 0 Å². The van der Waals surface area contributed by atoms with E-state index >= 15 is 0 Å². The quantitative estimate of drug-likeness (QED) is 0.559. The highest BCUT2D eigenvalue weighted by Crippen LogP contribution is 2.40. The standard InChI is InChI=1S/C21H28BrF3N2O2/c1-15(2)14-29-19(28)26-10-7-20(8-11-26)6-3-9-27(20)13-16-4-5-17(12-18(16)22)21(23,24)25/h4-5,12,15H,3,6-11,13-14H2,1-2H3. The second kappa shape index (κ2) is 8.84. The average molecular weight is 477 g/mol. The molecule has 0 bridgehead atoms. The number of ether oxygens (including phenoxy) is 1. The van der Waals surface area contributed by atoms with E-state index in [1.807, 2.05) is 13.8 Å². The van der Waals surface area contributed by atoms with Crippen molar-refractivity contribution in [2.45, 2.75) is 57.8 Å². The Hall–Kier alpha value is -1.28. The van der Waals surface area contributed by atoms with Crippen LogP contribution in [0.1, 0.15) is 50.7 Å². The second-order valence-electron chi connectivity index (χ2n) is 8.51. The van der Waals surface area contributed by atoms with Gasteiger partial charge in [-0.25, -0.2) is 4.79 Å². The van der Waals surface area contributed by atoms with Crippen LogP contribution in [0.15, 0.2) is 22.7 Å². The van der Waals surface area contributed by atoms with E-state index in [4.69, 9.17) is 4.74 Å². The first kappa shape index (κ1) is 22.4. The molecule has 1 amide bonds. The molecule has 0 N–H and O–H groups in total. The Morgan fingerprint density at radius 1 is 1.21 bits per heavy atom. The van der Waals surface area contributed by atoms with Crippen molar-refractivity contribution >= 4 is 22.0 Å². The molecule has 0 aromatic heterocycles. The number of piperidine rings is 1. The number of carbonyl (C=O) groups excluding carboxylic acids is 1. The summed E-state index contributed by atoms with van der Waals surface area (Å²) in [5.74, 6) is 0.308. The lowest BCUT2D eigenvalue weighted by Crippen LogP contribution is -2.53. The molecular formula is C21H28BrF3N2O2. The highest BCUT2D eigenvalue weighted by molar-refractivity contribution is 9.10. The maximum absolute atomic E-state index is 12.9. The van der Waals surface area contributed by atoms with Crippen molar-refractivity contribution in [3.8, 4) is 0 Å². The van der Waals surface area contributed by atoms with Crippen LogP contribution in [-0.4, -0.2) is 47.7 Å². The molecule has 0 radical (unpaired) electrons. The first-order chi connectivity index (χ1) is 13.6. The number of hydrogen-bond donors (Lipinski definition) is 0. The van der Waals surface area contributed by atoms with Crippen molar-refractivity contribution in [1.82, 2.24) is 9.80 Å². The molecule has 2 fully saturated rings. The molecule has 0 unspecified atom stereocenters. The van der Waals surface area contributed by atoms with E-state index in [0.717, 1.165) is 49.9 Å². The van der Waals surface area contributed by atoms with Crippen molar-refractivity contribution in [2.75, 3.05) is 26.2 Å². The monoisotopic (exact) mass is 476 g/mol. The SMILES string of the molecule is CC(C)COC(=O)N1CCC2(CCCN2Cc2ccc(C(F)(F)F)cc2Br)CC1. The minimum absolute atomic E-state index is 0.0109. The lowest BCUT2D eigenvalue weighted by atomic mass is 9.85. The van der Waals surface area contributed by atoms with Gasteiger partial charge < -0.3 is 9.64 Å². The van der Waals surface area contributed by atoms with Crippen LogP contribution >= 0.6 is 15.9 Å². The molecule has 1 aromatic rings. The van der Waals surface area contributed by atoms with Crippen LogP contribution in [0.5, 0.6) is 0 Å². The molecule has 2 aliphatic heterocycles. The Morgan fingerprint density at radius 2 is 1.90 bits per heavy atom. The number of amides is 1. The van der Waals surface area contributed by atoms with Gasteiger partial charge in [0.2, 0.25) is 0 Å². The summed E-state index contributed by atoms with van der Waals surface area (Å²) in [6.45, 7) is 7.28. The van der Waals surface area contributed by atoms with Crippen molar-refractivity contribution in [3.63, 3.8) is 0 Å². The Bertz CT molecular complexity index is 731. The van der Waals surface area contributed by atoms with Gasteiger partial charge in [-0.3, -0.25) is 4.90 Å². The normalized spacial score (nSPS) is 19.9. The number of benzene rings is 1. The fourth-order valence-corrected chi connectivity index (χ4v) is 4.80. The lowest BCUT2D eigenvalue weighted by molar-refractivity contribution is -0.137. The minimum atomic E-state index is -4.34. The first-order valence-corrected chi connectivity index (χ1v) is 10.9. The van der Waals surface area contributed by atoms with E-state index in [-0.39, 0.29) is 11.6 Å². The molecule has 3 rings (SSSR count). The number of carbonyl (C=O) groups is 1. The van der Waals surface area contributed by atoms with E-state index in [0.29, 0.717) is 36.6 Å². The van der Waals surface area contributed by atoms with Gasteiger partial charge >= 0.3 is 12.3 Å². The number of hydrogen-bond acceptors (Lipinski definition) is 3. The number of alkyl halides is 3. The van der Waals surface area contributed by atoms with Gasteiger partial charge in [-0.15, -0.1) is 0 Å². The van der Waals surface area contributed by atoms with Gasteiger partial charge in [0.1, 0.15) is 0 Å². The summed E-state index contributed by atoms with van der Waals surface area (Å²) in [5.41, 5.74) is 0.229. The maximum atomic E-state index is 12.9. The van der Waals surface area contributed by atoms with E-state index < -0.39 is 11.7 Å². The summed E-state index contributed by atoms with van der Waals surface area (Å²) < 4.78 is 44.6. The van der Waals surface area contributed by atoms with Crippen molar-refractivity contribution in [1.29, 1.82) is 0 Å². The highest BCUT2D eigenvalue weighted by atomic mass is 79.9. The molecular weight excluding hydrogens is 449 g/mol. The molecule has 29 heavy (non-hydrogen) atoms. The Balaban J connectivity index is 1.63. The zero-order valence-corrected chi connectivity index (χ0v) is 18.5. The largest absolute Gasteiger partial charge is 0.449 e. The zero-order valence-electron chi connectivity index (χ0n) is 16.9. The lowest BCUT2D eigenvalue weighted by Gasteiger charge is -2.45. The maximum Gasteiger partial charge on any atom is 0.416 e. The Kier molecular flexibility index (Phi) is 6.83. The van der Waals surface area contributed by atoms with Crippen LogP contribution in [0.3, 0.4) is 0 Å². The predicted octanol–water partition coefficient (Wildman–Crippen LogP) is 5.69. The van der Waals surface area contributed by atoms with Gasteiger partial charge in [0, 0.05) is 29.6 Å². The molecule has 2 aliphatic rings. The van der Waals surface area contributed by atoms with E-state index in [9.17, 15) is 18.0 Å². The smallest absolute Gasteiger partial charge is 0.416 e. The predicted molar refractivity (Wildman–Crippen MR) is 109 cm³/mol. The molecule has 8 heteroatoms. The fourth-order valence-electron chi connectivity index (χ4n) is 4.30.